The SMILES string of the molecule is Cc1ccc(Sc2ccc3c(-c4c(Cl)cccc4Cl)c(=O)[nH]cc3c2)c(F)c1. The molecular weight excluding hydrogens is 416 g/mol. The van der Waals surface area contributed by atoms with Crippen molar-refractivity contribution in [3.8, 4) is 11.1 Å². The predicted octanol–water partition coefficient (Wildman–Crippen LogP) is 7.10. The molecule has 0 aliphatic heterocycles. The van der Waals surface area contributed by atoms with E-state index in [1.807, 2.05) is 31.2 Å². The number of pyridine rings is 1. The zero-order valence-corrected chi connectivity index (χ0v) is 17.1. The summed E-state index contributed by atoms with van der Waals surface area (Å²) in [7, 11) is 0. The van der Waals surface area contributed by atoms with Crippen LogP contribution in [-0.4, -0.2) is 4.98 Å². The number of rotatable bonds is 3. The summed E-state index contributed by atoms with van der Waals surface area (Å²) in [5, 5.41) is 2.35. The third-order valence-corrected chi connectivity index (χ3v) is 6.08. The number of fused-ring (bicyclic) bond motifs is 1. The fourth-order valence-corrected chi connectivity index (χ4v) is 4.54. The van der Waals surface area contributed by atoms with E-state index in [1.165, 1.54) is 17.8 Å². The van der Waals surface area contributed by atoms with Gasteiger partial charge in [-0.1, -0.05) is 53.2 Å². The lowest BCUT2D eigenvalue weighted by atomic mass is 10.0. The molecule has 0 aliphatic carbocycles. The predicted molar refractivity (Wildman–Crippen MR) is 115 cm³/mol. The number of halogens is 3. The van der Waals surface area contributed by atoms with Crippen LogP contribution in [0, 0.1) is 12.7 Å². The minimum absolute atomic E-state index is 0.255. The highest BCUT2D eigenvalue weighted by atomic mass is 35.5. The number of aromatic amines is 1. The molecule has 140 valence electrons. The highest BCUT2D eigenvalue weighted by molar-refractivity contribution is 7.99. The molecule has 0 spiro atoms. The van der Waals surface area contributed by atoms with Crippen molar-refractivity contribution in [3.63, 3.8) is 0 Å². The standard InChI is InChI=1S/C22H14Cl2FNOS/c1-12-5-8-19(18(25)9-12)28-14-6-7-15-13(10-14)11-26-22(27)20(15)21-16(23)3-2-4-17(21)24/h2-11H,1H3,(H,26,27). The van der Waals surface area contributed by atoms with Gasteiger partial charge in [-0.2, -0.15) is 0 Å². The van der Waals surface area contributed by atoms with Crippen LogP contribution >= 0.6 is 35.0 Å². The molecule has 1 heterocycles. The second-order valence-corrected chi connectivity index (χ2v) is 8.30. The molecule has 4 rings (SSSR count). The number of aromatic nitrogens is 1. The Hall–Kier alpha value is -2.27. The van der Waals surface area contributed by atoms with Crippen molar-refractivity contribution in [2.24, 2.45) is 0 Å². The molecule has 0 unspecified atom stereocenters. The molecule has 28 heavy (non-hydrogen) atoms. The molecule has 2 nitrogen and oxygen atoms in total. The molecule has 0 bridgehead atoms. The van der Waals surface area contributed by atoms with Gasteiger partial charge >= 0.3 is 0 Å². The molecule has 1 N–H and O–H groups in total. The maximum Gasteiger partial charge on any atom is 0.256 e. The lowest BCUT2D eigenvalue weighted by Gasteiger charge is -2.11. The third-order valence-electron chi connectivity index (χ3n) is 4.41. The lowest BCUT2D eigenvalue weighted by Crippen LogP contribution is -2.09. The first-order chi connectivity index (χ1) is 13.4. The van der Waals surface area contributed by atoms with Gasteiger partial charge in [0, 0.05) is 21.6 Å². The Morgan fingerprint density at radius 2 is 1.71 bits per heavy atom. The average molecular weight is 430 g/mol. The van der Waals surface area contributed by atoms with Crippen LogP contribution < -0.4 is 5.56 Å². The first-order valence-electron chi connectivity index (χ1n) is 8.48. The molecule has 0 saturated carbocycles. The van der Waals surface area contributed by atoms with Gasteiger partial charge in [-0.25, -0.2) is 4.39 Å². The molecule has 0 atom stereocenters. The number of nitrogens with one attached hydrogen (secondary N) is 1. The quantitative estimate of drug-likeness (QED) is 0.376. The molecule has 4 aromatic rings. The van der Waals surface area contributed by atoms with Crippen LogP contribution in [0.15, 0.2) is 75.4 Å². The van der Waals surface area contributed by atoms with Gasteiger partial charge in [0.2, 0.25) is 0 Å². The minimum atomic E-state index is -0.271. The number of hydrogen-bond acceptors (Lipinski definition) is 2. The van der Waals surface area contributed by atoms with E-state index < -0.39 is 0 Å². The molecule has 0 amide bonds. The second kappa shape index (κ2) is 7.63. The summed E-state index contributed by atoms with van der Waals surface area (Å²) in [6.07, 6.45) is 1.64. The zero-order valence-electron chi connectivity index (χ0n) is 14.7. The van der Waals surface area contributed by atoms with Gasteiger partial charge in [-0.3, -0.25) is 4.79 Å². The van der Waals surface area contributed by atoms with E-state index in [4.69, 9.17) is 23.2 Å². The van der Waals surface area contributed by atoms with E-state index >= 15 is 0 Å². The van der Waals surface area contributed by atoms with E-state index in [2.05, 4.69) is 4.98 Å². The van der Waals surface area contributed by atoms with Gasteiger partial charge in [-0.05, 0) is 59.7 Å². The maximum absolute atomic E-state index is 14.2. The van der Waals surface area contributed by atoms with Crippen molar-refractivity contribution in [1.29, 1.82) is 0 Å². The maximum atomic E-state index is 14.2. The Balaban J connectivity index is 1.84. The molecule has 1 aromatic heterocycles. The Labute approximate surface area is 175 Å². The zero-order chi connectivity index (χ0) is 19.8. The van der Waals surface area contributed by atoms with Crippen LogP contribution in [-0.2, 0) is 0 Å². The van der Waals surface area contributed by atoms with Crippen LogP contribution in [0.1, 0.15) is 5.56 Å². The van der Waals surface area contributed by atoms with E-state index in [9.17, 15) is 9.18 Å². The lowest BCUT2D eigenvalue weighted by molar-refractivity contribution is 0.600. The Morgan fingerprint density at radius 1 is 0.964 bits per heavy atom. The first-order valence-corrected chi connectivity index (χ1v) is 10.0. The summed E-state index contributed by atoms with van der Waals surface area (Å²) in [5.41, 5.74) is 1.53. The molecular formula is C22H14Cl2FNOS. The molecule has 0 saturated heterocycles. The van der Waals surface area contributed by atoms with Crippen LogP contribution in [0.2, 0.25) is 10.0 Å². The number of hydrogen-bond donors (Lipinski definition) is 1. The van der Waals surface area contributed by atoms with Crippen LogP contribution in [0.25, 0.3) is 21.9 Å². The van der Waals surface area contributed by atoms with Gasteiger partial charge in [0.1, 0.15) is 5.82 Å². The summed E-state index contributed by atoms with van der Waals surface area (Å²) in [6.45, 7) is 1.85. The third kappa shape index (κ3) is 3.55. The van der Waals surface area contributed by atoms with Crippen molar-refractivity contribution in [1.82, 2.24) is 4.98 Å². The average Bonchev–Trinajstić information content (AvgIpc) is 2.65. The van der Waals surface area contributed by atoms with Gasteiger partial charge in [0.15, 0.2) is 0 Å². The van der Waals surface area contributed by atoms with Crippen molar-refractivity contribution in [2.75, 3.05) is 0 Å². The molecule has 0 aliphatic rings. The van der Waals surface area contributed by atoms with Crippen molar-refractivity contribution in [3.05, 3.63) is 92.6 Å². The van der Waals surface area contributed by atoms with E-state index in [0.29, 0.717) is 26.1 Å². The van der Waals surface area contributed by atoms with Crippen LogP contribution in [0.4, 0.5) is 4.39 Å². The smallest absolute Gasteiger partial charge is 0.256 e. The second-order valence-electron chi connectivity index (χ2n) is 6.37. The van der Waals surface area contributed by atoms with Crippen molar-refractivity contribution in [2.45, 2.75) is 16.7 Å². The number of aryl methyl sites for hydroxylation is 1. The Bertz CT molecular complexity index is 1250. The van der Waals surface area contributed by atoms with Crippen molar-refractivity contribution < 1.29 is 4.39 Å². The van der Waals surface area contributed by atoms with Gasteiger partial charge < -0.3 is 4.98 Å². The fraction of sp³-hybridized carbons (Fsp3) is 0.0455. The topological polar surface area (TPSA) is 32.9 Å². The molecule has 3 aromatic carbocycles. The fourth-order valence-electron chi connectivity index (χ4n) is 3.09. The largest absolute Gasteiger partial charge is 0.328 e. The highest BCUT2D eigenvalue weighted by Crippen LogP contribution is 2.38. The summed E-state index contributed by atoms with van der Waals surface area (Å²) >= 11 is 14.0. The molecule has 0 radical (unpaired) electrons. The van der Waals surface area contributed by atoms with E-state index in [0.717, 1.165) is 21.2 Å². The monoisotopic (exact) mass is 429 g/mol. The minimum Gasteiger partial charge on any atom is -0.328 e. The summed E-state index contributed by atoms with van der Waals surface area (Å²) in [4.78, 5) is 16.7. The van der Waals surface area contributed by atoms with Gasteiger partial charge in [-0.15, -0.1) is 0 Å². The van der Waals surface area contributed by atoms with Gasteiger partial charge in [0.25, 0.3) is 5.56 Å². The number of benzene rings is 3. The van der Waals surface area contributed by atoms with Crippen LogP contribution in [0.5, 0.6) is 0 Å². The molecule has 6 heteroatoms. The highest BCUT2D eigenvalue weighted by Gasteiger charge is 2.16. The Morgan fingerprint density at radius 3 is 2.43 bits per heavy atom. The van der Waals surface area contributed by atoms with Gasteiger partial charge in [0.05, 0.1) is 15.6 Å². The Kier molecular flexibility index (Phi) is 5.19. The van der Waals surface area contributed by atoms with E-state index in [-0.39, 0.29) is 11.4 Å². The van der Waals surface area contributed by atoms with Crippen LogP contribution in [0.3, 0.4) is 0 Å². The summed E-state index contributed by atoms with van der Waals surface area (Å²) < 4.78 is 14.2. The normalized spacial score (nSPS) is 11.1. The first kappa shape index (κ1) is 19.1. The van der Waals surface area contributed by atoms with E-state index in [1.54, 1.807) is 30.5 Å². The number of H-pyrrole nitrogens is 1. The molecule has 0 fully saturated rings. The van der Waals surface area contributed by atoms with Crippen molar-refractivity contribution >= 4 is 45.7 Å². The summed E-state index contributed by atoms with van der Waals surface area (Å²) in [6, 6.07) is 15.9. The summed E-state index contributed by atoms with van der Waals surface area (Å²) in [5.74, 6) is -0.255.